The summed E-state index contributed by atoms with van der Waals surface area (Å²) in [5.41, 5.74) is 2.05. The van der Waals surface area contributed by atoms with E-state index in [4.69, 9.17) is 4.74 Å². The molecule has 0 saturated carbocycles. The summed E-state index contributed by atoms with van der Waals surface area (Å²) in [6, 6.07) is 6.27. The number of aryl methyl sites for hydroxylation is 1. The van der Waals surface area contributed by atoms with E-state index in [1.54, 1.807) is 0 Å². The fourth-order valence-electron chi connectivity index (χ4n) is 3.77. The lowest BCUT2D eigenvalue weighted by molar-refractivity contribution is -0.127. The highest BCUT2D eigenvalue weighted by Crippen LogP contribution is 2.40. The number of amides is 1. The second kappa shape index (κ2) is 6.16. The first kappa shape index (κ1) is 16.3. The van der Waals surface area contributed by atoms with E-state index in [1.807, 2.05) is 6.07 Å². The van der Waals surface area contributed by atoms with E-state index in [2.05, 4.69) is 50.2 Å². The van der Waals surface area contributed by atoms with Crippen molar-refractivity contribution in [1.82, 2.24) is 10.2 Å². The first-order chi connectivity index (χ1) is 10.8. The van der Waals surface area contributed by atoms with Crippen LogP contribution in [0.3, 0.4) is 0 Å². The van der Waals surface area contributed by atoms with Crippen LogP contribution in [0.4, 0.5) is 0 Å². The number of nitrogens with zero attached hydrogens (tertiary/aromatic N) is 1. The molecule has 0 bridgehead atoms. The van der Waals surface area contributed by atoms with Crippen LogP contribution in [0.15, 0.2) is 18.2 Å². The lowest BCUT2D eigenvalue weighted by Crippen LogP contribution is -2.46. The predicted molar refractivity (Wildman–Crippen MR) is 91.6 cm³/mol. The highest BCUT2D eigenvalue weighted by molar-refractivity contribution is 5.79. The Hall–Kier alpha value is -1.55. The molecule has 23 heavy (non-hydrogen) atoms. The fraction of sp³-hybridized carbons (Fsp3) is 0.632. The molecule has 1 N–H and O–H groups in total. The number of carbonyl (C=O) groups excluding carboxylic acids is 1. The molecule has 2 aliphatic heterocycles. The molecule has 1 saturated heterocycles. The first-order valence-corrected chi connectivity index (χ1v) is 8.62. The minimum Gasteiger partial charge on any atom is -0.487 e. The van der Waals surface area contributed by atoms with Gasteiger partial charge in [0.1, 0.15) is 11.4 Å². The van der Waals surface area contributed by atoms with Crippen molar-refractivity contribution in [3.8, 4) is 5.75 Å². The van der Waals surface area contributed by atoms with Gasteiger partial charge in [0.15, 0.2) is 0 Å². The van der Waals surface area contributed by atoms with Gasteiger partial charge in [0.05, 0.1) is 12.0 Å². The van der Waals surface area contributed by atoms with Crippen molar-refractivity contribution in [3.63, 3.8) is 0 Å². The van der Waals surface area contributed by atoms with Crippen LogP contribution in [-0.2, 0) is 4.79 Å². The Morgan fingerprint density at radius 2 is 2.17 bits per heavy atom. The van der Waals surface area contributed by atoms with Gasteiger partial charge in [-0.15, -0.1) is 0 Å². The van der Waals surface area contributed by atoms with Gasteiger partial charge >= 0.3 is 0 Å². The Morgan fingerprint density at radius 1 is 1.39 bits per heavy atom. The lowest BCUT2D eigenvalue weighted by Gasteiger charge is -2.39. The Labute approximate surface area is 139 Å². The highest BCUT2D eigenvalue weighted by atomic mass is 16.5. The molecule has 0 radical (unpaired) electrons. The van der Waals surface area contributed by atoms with E-state index in [0.717, 1.165) is 43.7 Å². The number of hydrogen-bond donors (Lipinski definition) is 1. The zero-order valence-corrected chi connectivity index (χ0v) is 14.7. The van der Waals surface area contributed by atoms with Crippen molar-refractivity contribution in [2.45, 2.75) is 51.7 Å². The number of hydrogen-bond acceptors (Lipinski definition) is 3. The molecule has 3 rings (SSSR count). The Balaban J connectivity index is 1.79. The molecule has 0 aliphatic carbocycles. The summed E-state index contributed by atoms with van der Waals surface area (Å²) >= 11 is 0. The van der Waals surface area contributed by atoms with E-state index in [1.165, 1.54) is 5.56 Å². The second-order valence-corrected chi connectivity index (χ2v) is 7.77. The molecule has 4 nitrogen and oxygen atoms in total. The number of carbonyl (C=O) groups is 1. The van der Waals surface area contributed by atoms with Crippen molar-refractivity contribution in [3.05, 3.63) is 29.3 Å². The van der Waals surface area contributed by atoms with Crippen LogP contribution < -0.4 is 10.1 Å². The third-order valence-electron chi connectivity index (χ3n) is 4.93. The maximum atomic E-state index is 12.7. The predicted octanol–water partition coefficient (Wildman–Crippen LogP) is 3.06. The van der Waals surface area contributed by atoms with E-state index in [9.17, 15) is 4.79 Å². The zero-order chi connectivity index (χ0) is 16.6. The van der Waals surface area contributed by atoms with Crippen LogP contribution in [0.5, 0.6) is 5.75 Å². The second-order valence-electron chi connectivity index (χ2n) is 7.77. The molecule has 1 fully saturated rings. The van der Waals surface area contributed by atoms with E-state index < -0.39 is 0 Å². The summed E-state index contributed by atoms with van der Waals surface area (Å²) in [5.74, 6) is 1.19. The number of nitrogens with one attached hydrogen (secondary N) is 1. The maximum absolute atomic E-state index is 12.7. The standard InChI is InChI=1S/C19H28N2O2/c1-13-7-8-17-15(10-13)16(11-19(2,3)23-17)20-18(22)14-6-5-9-21(4)12-14/h7-8,10,14,16H,5-6,9,11-12H2,1-4H3,(H,20,22)/t14-,16+/m0/s1. The maximum Gasteiger partial charge on any atom is 0.224 e. The molecule has 0 unspecified atom stereocenters. The van der Waals surface area contributed by atoms with Gasteiger partial charge in [0.2, 0.25) is 5.91 Å². The first-order valence-electron chi connectivity index (χ1n) is 8.62. The Bertz CT molecular complexity index is 597. The third-order valence-corrected chi connectivity index (χ3v) is 4.93. The molecular formula is C19H28N2O2. The molecule has 2 heterocycles. The van der Waals surface area contributed by atoms with Gasteiger partial charge in [-0.1, -0.05) is 17.7 Å². The average Bonchev–Trinajstić information content (AvgIpc) is 2.47. The molecule has 1 aromatic carbocycles. The van der Waals surface area contributed by atoms with E-state index in [0.29, 0.717) is 0 Å². The number of likely N-dealkylation sites (tertiary alicyclic amines) is 1. The molecule has 4 heteroatoms. The van der Waals surface area contributed by atoms with Crippen molar-refractivity contribution < 1.29 is 9.53 Å². The average molecular weight is 316 g/mol. The monoisotopic (exact) mass is 316 g/mol. The molecule has 0 spiro atoms. The summed E-state index contributed by atoms with van der Waals surface area (Å²) < 4.78 is 6.09. The van der Waals surface area contributed by atoms with E-state index >= 15 is 0 Å². The largest absolute Gasteiger partial charge is 0.487 e. The fourth-order valence-corrected chi connectivity index (χ4v) is 3.77. The van der Waals surface area contributed by atoms with Crippen LogP contribution in [0.2, 0.25) is 0 Å². The molecular weight excluding hydrogens is 288 g/mol. The molecule has 1 amide bonds. The molecule has 0 aromatic heterocycles. The molecule has 2 aliphatic rings. The molecule has 126 valence electrons. The SMILES string of the molecule is Cc1ccc2c(c1)[C@H](NC(=O)[C@H]1CCCN(C)C1)CC(C)(C)O2. The topological polar surface area (TPSA) is 41.6 Å². The smallest absolute Gasteiger partial charge is 0.224 e. The Morgan fingerprint density at radius 3 is 2.91 bits per heavy atom. The quantitative estimate of drug-likeness (QED) is 0.912. The zero-order valence-electron chi connectivity index (χ0n) is 14.7. The van der Waals surface area contributed by atoms with Crippen LogP contribution >= 0.6 is 0 Å². The number of ether oxygens (including phenoxy) is 1. The van der Waals surface area contributed by atoms with Crippen molar-refractivity contribution in [1.29, 1.82) is 0 Å². The lowest BCUT2D eigenvalue weighted by atomic mass is 9.88. The van der Waals surface area contributed by atoms with Crippen LogP contribution in [-0.4, -0.2) is 36.5 Å². The van der Waals surface area contributed by atoms with E-state index in [-0.39, 0.29) is 23.5 Å². The van der Waals surface area contributed by atoms with Crippen LogP contribution in [0.1, 0.15) is 50.3 Å². The minimum absolute atomic E-state index is 0.0355. The summed E-state index contributed by atoms with van der Waals surface area (Å²) in [5, 5.41) is 3.30. The Kier molecular flexibility index (Phi) is 4.37. The van der Waals surface area contributed by atoms with Crippen LogP contribution in [0, 0.1) is 12.8 Å². The van der Waals surface area contributed by atoms with Gasteiger partial charge in [-0.2, -0.15) is 0 Å². The number of rotatable bonds is 2. The summed E-state index contributed by atoms with van der Waals surface area (Å²) in [4.78, 5) is 15.0. The van der Waals surface area contributed by atoms with Crippen molar-refractivity contribution in [2.75, 3.05) is 20.1 Å². The van der Waals surface area contributed by atoms with Crippen molar-refractivity contribution >= 4 is 5.91 Å². The van der Waals surface area contributed by atoms with Gasteiger partial charge in [0.25, 0.3) is 0 Å². The van der Waals surface area contributed by atoms with Gasteiger partial charge < -0.3 is 15.0 Å². The van der Waals surface area contributed by atoms with Gasteiger partial charge in [-0.05, 0) is 53.3 Å². The highest BCUT2D eigenvalue weighted by Gasteiger charge is 2.36. The van der Waals surface area contributed by atoms with Crippen molar-refractivity contribution in [2.24, 2.45) is 5.92 Å². The number of benzene rings is 1. The van der Waals surface area contributed by atoms with Gasteiger partial charge in [-0.25, -0.2) is 0 Å². The summed E-state index contributed by atoms with van der Waals surface area (Å²) in [6.45, 7) is 8.21. The number of piperidine rings is 1. The third kappa shape index (κ3) is 3.69. The summed E-state index contributed by atoms with van der Waals surface area (Å²) in [7, 11) is 2.09. The van der Waals surface area contributed by atoms with Crippen LogP contribution in [0.25, 0.3) is 0 Å². The number of fused-ring (bicyclic) bond motifs is 1. The molecule has 2 atom stereocenters. The summed E-state index contributed by atoms with van der Waals surface area (Å²) in [6.07, 6.45) is 2.89. The van der Waals surface area contributed by atoms with Gasteiger partial charge in [0, 0.05) is 18.5 Å². The van der Waals surface area contributed by atoms with Gasteiger partial charge in [-0.3, -0.25) is 4.79 Å². The normalized spacial score (nSPS) is 27.0. The molecule has 1 aromatic rings. The minimum atomic E-state index is -0.260.